The Morgan fingerprint density at radius 3 is 2.42 bits per heavy atom. The number of aryl methyl sites for hydroxylation is 1. The second kappa shape index (κ2) is 7.77. The van der Waals surface area contributed by atoms with Crippen molar-refractivity contribution >= 4 is 78.6 Å². The zero-order valence-electron chi connectivity index (χ0n) is 13.6. The van der Waals surface area contributed by atoms with E-state index < -0.39 is 17.7 Å². The van der Waals surface area contributed by atoms with E-state index in [9.17, 15) is 9.59 Å². The third-order valence-corrected chi connectivity index (χ3v) is 5.12. The summed E-state index contributed by atoms with van der Waals surface area (Å²) in [5, 5.41) is 2.63. The van der Waals surface area contributed by atoms with Gasteiger partial charge in [0.2, 0.25) is 5.91 Å². The highest BCUT2D eigenvalue weighted by atomic mass is 79.9. The average molecular weight is 495 g/mol. The van der Waals surface area contributed by atoms with Gasteiger partial charge in [0, 0.05) is 15.2 Å². The summed E-state index contributed by atoms with van der Waals surface area (Å²) >= 11 is 11.9. The first kappa shape index (κ1) is 18.9. The smallest absolute Gasteiger partial charge is 0.251 e. The van der Waals surface area contributed by atoms with Crippen LogP contribution in [0.4, 0.5) is 11.4 Å². The van der Waals surface area contributed by atoms with E-state index >= 15 is 0 Å². The SMILES string of the molecule is Cc1cc(Br)ccc1N=C[C@@H]1C(=O)NC(=S)N(c2ccc(Br)cc2)C1=O. The normalized spacial score (nSPS) is 17.7. The molecule has 2 aromatic carbocycles. The molecule has 8 heteroatoms. The van der Waals surface area contributed by atoms with Gasteiger partial charge in [0.05, 0.1) is 11.4 Å². The molecule has 1 N–H and O–H groups in total. The Balaban J connectivity index is 1.90. The topological polar surface area (TPSA) is 61.8 Å². The molecule has 5 nitrogen and oxygen atoms in total. The fraction of sp³-hybridized carbons (Fsp3) is 0.111. The van der Waals surface area contributed by atoms with E-state index in [-0.39, 0.29) is 5.11 Å². The van der Waals surface area contributed by atoms with Crippen molar-refractivity contribution < 1.29 is 9.59 Å². The highest BCUT2D eigenvalue weighted by Crippen LogP contribution is 2.25. The second-order valence-corrected chi connectivity index (χ2v) is 7.85. The van der Waals surface area contributed by atoms with Gasteiger partial charge in [-0.3, -0.25) is 19.5 Å². The molecular weight excluding hydrogens is 482 g/mol. The molecule has 2 aromatic rings. The van der Waals surface area contributed by atoms with Crippen LogP contribution in [0.2, 0.25) is 0 Å². The maximum Gasteiger partial charge on any atom is 0.251 e. The second-order valence-electron chi connectivity index (χ2n) is 5.63. The van der Waals surface area contributed by atoms with Crippen molar-refractivity contribution in [2.75, 3.05) is 4.90 Å². The van der Waals surface area contributed by atoms with Crippen LogP contribution in [0.1, 0.15) is 5.56 Å². The molecule has 0 aromatic heterocycles. The predicted octanol–water partition coefficient (Wildman–Crippen LogP) is 4.29. The van der Waals surface area contributed by atoms with Crippen molar-refractivity contribution in [3.8, 4) is 0 Å². The van der Waals surface area contributed by atoms with E-state index in [0.717, 1.165) is 14.5 Å². The van der Waals surface area contributed by atoms with Crippen molar-refractivity contribution in [2.45, 2.75) is 6.92 Å². The molecule has 3 rings (SSSR count). The van der Waals surface area contributed by atoms with Crippen LogP contribution in [0.3, 0.4) is 0 Å². The molecule has 1 atom stereocenters. The van der Waals surface area contributed by atoms with Crippen LogP contribution < -0.4 is 10.2 Å². The lowest BCUT2D eigenvalue weighted by molar-refractivity contribution is -0.130. The summed E-state index contributed by atoms with van der Waals surface area (Å²) in [6.07, 6.45) is 1.36. The van der Waals surface area contributed by atoms with E-state index in [2.05, 4.69) is 42.2 Å². The number of nitrogens with zero attached hydrogens (tertiary/aromatic N) is 2. The lowest BCUT2D eigenvalue weighted by Gasteiger charge is -2.30. The minimum absolute atomic E-state index is 0.0618. The quantitative estimate of drug-likeness (QED) is 0.393. The maximum atomic E-state index is 12.9. The molecule has 0 bridgehead atoms. The molecule has 1 saturated heterocycles. The Kier molecular flexibility index (Phi) is 5.64. The van der Waals surface area contributed by atoms with Crippen molar-refractivity contribution in [2.24, 2.45) is 10.9 Å². The third-order valence-electron chi connectivity index (χ3n) is 3.81. The molecule has 1 aliphatic rings. The lowest BCUT2D eigenvalue weighted by Crippen LogP contribution is -2.58. The van der Waals surface area contributed by atoms with Crippen LogP contribution >= 0.6 is 44.1 Å². The summed E-state index contributed by atoms with van der Waals surface area (Å²) in [5.41, 5.74) is 2.21. The van der Waals surface area contributed by atoms with Gasteiger partial charge in [-0.1, -0.05) is 31.9 Å². The summed E-state index contributed by atoms with van der Waals surface area (Å²) in [4.78, 5) is 30.8. The molecule has 1 fully saturated rings. The van der Waals surface area contributed by atoms with Gasteiger partial charge in [0.15, 0.2) is 11.0 Å². The monoisotopic (exact) mass is 493 g/mol. The molecule has 26 heavy (non-hydrogen) atoms. The number of rotatable bonds is 3. The first-order chi connectivity index (χ1) is 12.4. The van der Waals surface area contributed by atoms with Crippen LogP contribution in [0.5, 0.6) is 0 Å². The number of carbonyl (C=O) groups is 2. The number of anilines is 1. The number of benzene rings is 2. The zero-order valence-corrected chi connectivity index (χ0v) is 17.6. The first-order valence-electron chi connectivity index (χ1n) is 7.61. The van der Waals surface area contributed by atoms with Crippen molar-refractivity contribution in [3.05, 3.63) is 57.0 Å². The Morgan fingerprint density at radius 2 is 1.77 bits per heavy atom. The van der Waals surface area contributed by atoms with Crippen LogP contribution in [0.25, 0.3) is 0 Å². The van der Waals surface area contributed by atoms with E-state index in [4.69, 9.17) is 12.2 Å². The minimum atomic E-state index is -1.05. The number of hydrogen-bond donors (Lipinski definition) is 1. The summed E-state index contributed by atoms with van der Waals surface area (Å²) in [6.45, 7) is 1.91. The molecule has 1 heterocycles. The van der Waals surface area contributed by atoms with Crippen molar-refractivity contribution in [1.29, 1.82) is 0 Å². The number of aliphatic imine (C=N–C) groups is 1. The average Bonchev–Trinajstić information content (AvgIpc) is 2.57. The fourth-order valence-electron chi connectivity index (χ4n) is 2.48. The van der Waals surface area contributed by atoms with E-state index in [0.29, 0.717) is 11.4 Å². The minimum Gasteiger partial charge on any atom is -0.301 e. The van der Waals surface area contributed by atoms with Crippen molar-refractivity contribution in [3.63, 3.8) is 0 Å². The Hall–Kier alpha value is -1.90. The summed E-state index contributed by atoms with van der Waals surface area (Å²) in [5.74, 6) is -1.96. The van der Waals surface area contributed by atoms with Crippen molar-refractivity contribution in [1.82, 2.24) is 5.32 Å². The van der Waals surface area contributed by atoms with Gasteiger partial charge in [-0.2, -0.15) is 0 Å². The van der Waals surface area contributed by atoms with Gasteiger partial charge < -0.3 is 5.32 Å². The van der Waals surface area contributed by atoms with Crippen LogP contribution in [-0.2, 0) is 9.59 Å². The summed E-state index contributed by atoms with van der Waals surface area (Å²) in [6, 6.07) is 12.7. The Morgan fingerprint density at radius 1 is 1.12 bits per heavy atom. The van der Waals surface area contributed by atoms with Crippen LogP contribution in [0.15, 0.2) is 56.4 Å². The number of carbonyl (C=O) groups excluding carboxylic acids is 2. The molecule has 0 unspecified atom stereocenters. The van der Waals surface area contributed by atoms with Gasteiger partial charge in [-0.05, 0) is 67.2 Å². The van der Waals surface area contributed by atoms with E-state index in [1.54, 1.807) is 24.3 Å². The molecule has 0 spiro atoms. The largest absolute Gasteiger partial charge is 0.301 e. The highest BCUT2D eigenvalue weighted by Gasteiger charge is 2.38. The lowest BCUT2D eigenvalue weighted by atomic mass is 10.1. The maximum absolute atomic E-state index is 12.9. The molecule has 0 aliphatic carbocycles. The molecule has 1 aliphatic heterocycles. The number of thiocarbonyl (C=S) groups is 1. The zero-order chi connectivity index (χ0) is 18.8. The van der Waals surface area contributed by atoms with Crippen LogP contribution in [-0.4, -0.2) is 23.1 Å². The van der Waals surface area contributed by atoms with Crippen LogP contribution in [0, 0.1) is 12.8 Å². The molecule has 132 valence electrons. The van der Waals surface area contributed by atoms with Gasteiger partial charge in [-0.25, -0.2) is 0 Å². The Bertz CT molecular complexity index is 929. The van der Waals surface area contributed by atoms with Gasteiger partial charge in [0.25, 0.3) is 5.91 Å². The third kappa shape index (κ3) is 3.92. The summed E-state index contributed by atoms with van der Waals surface area (Å²) in [7, 11) is 0. The Labute approximate surface area is 172 Å². The van der Waals surface area contributed by atoms with Gasteiger partial charge >= 0.3 is 0 Å². The molecule has 0 radical (unpaired) electrons. The number of nitrogens with one attached hydrogen (secondary N) is 1. The number of halogens is 2. The molecule has 0 saturated carbocycles. The predicted molar refractivity (Wildman–Crippen MR) is 113 cm³/mol. The highest BCUT2D eigenvalue weighted by molar-refractivity contribution is 9.10. The van der Waals surface area contributed by atoms with Gasteiger partial charge in [-0.15, -0.1) is 0 Å². The first-order valence-corrected chi connectivity index (χ1v) is 9.61. The molecule has 2 amide bonds. The molecular formula is C18H13Br2N3O2S. The van der Waals surface area contributed by atoms with E-state index in [1.165, 1.54) is 11.1 Å². The van der Waals surface area contributed by atoms with Gasteiger partial charge in [0.1, 0.15) is 0 Å². The summed E-state index contributed by atoms with van der Waals surface area (Å²) < 4.78 is 1.82. The number of amides is 2. The standard InChI is InChI=1S/C18H13Br2N3O2S/c1-10-8-12(20)4-7-15(10)21-9-14-16(24)22-18(26)23(17(14)25)13-5-2-11(19)3-6-13/h2-9,14H,1H3,(H,22,24,26)/t14-/m1/s1. The van der Waals surface area contributed by atoms with E-state index in [1.807, 2.05) is 25.1 Å². The fourth-order valence-corrected chi connectivity index (χ4v) is 3.51. The number of hydrogen-bond acceptors (Lipinski definition) is 4.